The summed E-state index contributed by atoms with van der Waals surface area (Å²) >= 11 is 5.94. The van der Waals surface area contributed by atoms with Crippen LogP contribution in [0.5, 0.6) is 0 Å². The molecule has 0 fully saturated rings. The second kappa shape index (κ2) is 3.56. The van der Waals surface area contributed by atoms with Crippen LogP contribution in [-0.4, -0.2) is 12.4 Å². The molecule has 0 spiro atoms. The van der Waals surface area contributed by atoms with Crippen molar-refractivity contribution in [3.8, 4) is 0 Å². The van der Waals surface area contributed by atoms with Crippen LogP contribution in [0.3, 0.4) is 0 Å². The standard InChI is InChI=1S/C12H16ClN/c1-12(2)8-14-11(7-13)9-5-3-4-6-10(9)12/h3-6,11,14H,7-8H2,1-2H3. The summed E-state index contributed by atoms with van der Waals surface area (Å²) in [5.74, 6) is 0.646. The van der Waals surface area contributed by atoms with Crippen LogP contribution in [-0.2, 0) is 5.41 Å². The summed E-state index contributed by atoms with van der Waals surface area (Å²) in [6.07, 6.45) is 0. The molecule has 2 rings (SSSR count). The predicted octanol–water partition coefficient (Wildman–Crippen LogP) is 2.85. The van der Waals surface area contributed by atoms with Gasteiger partial charge < -0.3 is 5.32 Å². The van der Waals surface area contributed by atoms with Crippen LogP contribution in [0.1, 0.15) is 31.0 Å². The van der Waals surface area contributed by atoms with Gasteiger partial charge in [-0.1, -0.05) is 38.1 Å². The van der Waals surface area contributed by atoms with Gasteiger partial charge in [-0.15, -0.1) is 11.6 Å². The van der Waals surface area contributed by atoms with Crippen LogP contribution in [0.4, 0.5) is 0 Å². The first-order valence-electron chi connectivity index (χ1n) is 5.04. The minimum atomic E-state index is 0.221. The number of rotatable bonds is 1. The summed E-state index contributed by atoms with van der Waals surface area (Å²) in [5, 5.41) is 3.48. The van der Waals surface area contributed by atoms with E-state index in [1.54, 1.807) is 0 Å². The first-order valence-corrected chi connectivity index (χ1v) is 5.57. The normalized spacial score (nSPS) is 24.4. The number of hydrogen-bond donors (Lipinski definition) is 1. The number of benzene rings is 1. The fraction of sp³-hybridized carbons (Fsp3) is 0.500. The molecule has 0 aromatic heterocycles. The third-order valence-electron chi connectivity index (χ3n) is 3.01. The smallest absolute Gasteiger partial charge is 0.0460 e. The van der Waals surface area contributed by atoms with Crippen molar-refractivity contribution in [2.75, 3.05) is 12.4 Å². The average molecular weight is 210 g/mol. The molecular formula is C12H16ClN. The van der Waals surface area contributed by atoms with Crippen LogP contribution < -0.4 is 5.32 Å². The fourth-order valence-electron chi connectivity index (χ4n) is 2.14. The van der Waals surface area contributed by atoms with Gasteiger partial charge in [-0.25, -0.2) is 0 Å². The first kappa shape index (κ1) is 10.0. The first-order chi connectivity index (χ1) is 6.65. The Morgan fingerprint density at radius 2 is 2.14 bits per heavy atom. The molecule has 76 valence electrons. The topological polar surface area (TPSA) is 12.0 Å². The molecule has 1 heterocycles. The molecule has 1 N–H and O–H groups in total. The number of fused-ring (bicyclic) bond motifs is 1. The van der Waals surface area contributed by atoms with Gasteiger partial charge in [0.25, 0.3) is 0 Å². The molecule has 1 nitrogen and oxygen atoms in total. The quantitative estimate of drug-likeness (QED) is 0.702. The summed E-state index contributed by atoms with van der Waals surface area (Å²) < 4.78 is 0. The number of halogens is 1. The lowest BCUT2D eigenvalue weighted by Gasteiger charge is -2.37. The molecule has 0 amide bonds. The maximum atomic E-state index is 5.94. The molecule has 1 atom stereocenters. The Morgan fingerprint density at radius 1 is 1.43 bits per heavy atom. The molecule has 14 heavy (non-hydrogen) atoms. The highest BCUT2D eigenvalue weighted by molar-refractivity contribution is 6.18. The van der Waals surface area contributed by atoms with E-state index in [0.717, 1.165) is 6.54 Å². The fourth-order valence-corrected chi connectivity index (χ4v) is 2.41. The highest BCUT2D eigenvalue weighted by atomic mass is 35.5. The summed E-state index contributed by atoms with van der Waals surface area (Å²) in [6.45, 7) is 5.54. The van der Waals surface area contributed by atoms with Gasteiger partial charge in [0.2, 0.25) is 0 Å². The SMILES string of the molecule is CC1(C)CNC(CCl)c2ccccc21. The summed E-state index contributed by atoms with van der Waals surface area (Å²) in [6, 6.07) is 8.91. The van der Waals surface area contributed by atoms with Crippen molar-refractivity contribution < 1.29 is 0 Å². The lowest BCUT2D eigenvalue weighted by Crippen LogP contribution is -2.42. The Balaban J connectivity index is 2.49. The van der Waals surface area contributed by atoms with Gasteiger partial charge in [0, 0.05) is 23.9 Å². The Bertz CT molecular complexity index is 333. The molecule has 2 heteroatoms. The van der Waals surface area contributed by atoms with Crippen LogP contribution in [0, 0.1) is 0 Å². The van der Waals surface area contributed by atoms with Crippen LogP contribution in [0.2, 0.25) is 0 Å². The van der Waals surface area contributed by atoms with Crippen LogP contribution in [0.15, 0.2) is 24.3 Å². The molecule has 1 aliphatic rings. The van der Waals surface area contributed by atoms with E-state index in [1.165, 1.54) is 11.1 Å². The van der Waals surface area contributed by atoms with Crippen molar-refractivity contribution in [3.63, 3.8) is 0 Å². The zero-order chi connectivity index (χ0) is 10.2. The van der Waals surface area contributed by atoms with Gasteiger partial charge in [-0.05, 0) is 11.1 Å². The molecule has 0 aliphatic carbocycles. The Kier molecular flexibility index (Phi) is 2.54. The third-order valence-corrected chi connectivity index (χ3v) is 3.32. The van der Waals surface area contributed by atoms with Gasteiger partial charge in [-0.3, -0.25) is 0 Å². The molecule has 0 saturated heterocycles. The molecule has 1 aliphatic heterocycles. The maximum Gasteiger partial charge on any atom is 0.0460 e. The van der Waals surface area contributed by atoms with Gasteiger partial charge in [0.05, 0.1) is 0 Å². The van der Waals surface area contributed by atoms with Crippen LogP contribution in [0.25, 0.3) is 0 Å². The van der Waals surface area contributed by atoms with Gasteiger partial charge in [0.1, 0.15) is 0 Å². The maximum absolute atomic E-state index is 5.94. The largest absolute Gasteiger partial charge is 0.308 e. The second-order valence-electron chi connectivity index (χ2n) is 4.56. The van der Waals surface area contributed by atoms with Crippen molar-refractivity contribution in [2.45, 2.75) is 25.3 Å². The molecule has 0 saturated carbocycles. The summed E-state index contributed by atoms with van der Waals surface area (Å²) in [4.78, 5) is 0. The number of alkyl halides is 1. The average Bonchev–Trinajstić information content (AvgIpc) is 2.18. The Hall–Kier alpha value is -0.530. The number of nitrogens with one attached hydrogen (secondary N) is 1. The molecule has 1 aromatic rings. The van der Waals surface area contributed by atoms with Gasteiger partial charge >= 0.3 is 0 Å². The van der Waals surface area contributed by atoms with Gasteiger partial charge in [-0.2, -0.15) is 0 Å². The van der Waals surface area contributed by atoms with E-state index in [0.29, 0.717) is 11.9 Å². The third kappa shape index (κ3) is 1.55. The van der Waals surface area contributed by atoms with Crippen molar-refractivity contribution in [3.05, 3.63) is 35.4 Å². The summed E-state index contributed by atoms with van der Waals surface area (Å²) in [7, 11) is 0. The monoisotopic (exact) mass is 209 g/mol. The van der Waals surface area contributed by atoms with E-state index in [-0.39, 0.29) is 5.41 Å². The Morgan fingerprint density at radius 3 is 2.86 bits per heavy atom. The van der Waals surface area contributed by atoms with E-state index < -0.39 is 0 Å². The van der Waals surface area contributed by atoms with E-state index in [9.17, 15) is 0 Å². The van der Waals surface area contributed by atoms with Crippen LogP contribution >= 0.6 is 11.6 Å². The minimum Gasteiger partial charge on any atom is -0.308 e. The molecule has 0 bridgehead atoms. The van der Waals surface area contributed by atoms with Crippen molar-refractivity contribution in [2.24, 2.45) is 0 Å². The highest BCUT2D eigenvalue weighted by Crippen LogP contribution is 2.34. The molecule has 0 radical (unpaired) electrons. The lowest BCUT2D eigenvalue weighted by atomic mass is 9.77. The van der Waals surface area contributed by atoms with E-state index in [4.69, 9.17) is 11.6 Å². The zero-order valence-electron chi connectivity index (χ0n) is 8.68. The highest BCUT2D eigenvalue weighted by Gasteiger charge is 2.31. The van der Waals surface area contributed by atoms with Crippen molar-refractivity contribution in [1.82, 2.24) is 5.32 Å². The van der Waals surface area contributed by atoms with Crippen molar-refractivity contribution >= 4 is 11.6 Å². The van der Waals surface area contributed by atoms with Crippen molar-refractivity contribution in [1.29, 1.82) is 0 Å². The molecule has 1 unspecified atom stereocenters. The zero-order valence-corrected chi connectivity index (χ0v) is 9.43. The van der Waals surface area contributed by atoms with E-state index >= 15 is 0 Å². The predicted molar refractivity (Wildman–Crippen MR) is 60.9 cm³/mol. The molecule has 1 aromatic carbocycles. The lowest BCUT2D eigenvalue weighted by molar-refractivity contribution is 0.397. The Labute approximate surface area is 90.5 Å². The van der Waals surface area contributed by atoms with E-state index in [2.05, 4.69) is 43.4 Å². The molecular weight excluding hydrogens is 194 g/mol. The second-order valence-corrected chi connectivity index (χ2v) is 4.87. The number of hydrogen-bond acceptors (Lipinski definition) is 1. The minimum absolute atomic E-state index is 0.221. The van der Waals surface area contributed by atoms with E-state index in [1.807, 2.05) is 0 Å². The van der Waals surface area contributed by atoms with Gasteiger partial charge in [0.15, 0.2) is 0 Å². The summed E-state index contributed by atoms with van der Waals surface area (Å²) in [5.41, 5.74) is 3.02.